The second kappa shape index (κ2) is 5.13. The summed E-state index contributed by atoms with van der Waals surface area (Å²) >= 11 is 3.50. The van der Waals surface area contributed by atoms with E-state index >= 15 is 0 Å². The molecule has 3 rings (SSSR count). The first-order chi connectivity index (χ1) is 9.66. The van der Waals surface area contributed by atoms with Crippen molar-refractivity contribution in [2.24, 2.45) is 0 Å². The van der Waals surface area contributed by atoms with Crippen LogP contribution in [0.2, 0.25) is 0 Å². The number of amides is 1. The number of aromatic nitrogens is 1. The lowest BCUT2D eigenvalue weighted by atomic mass is 10.1. The summed E-state index contributed by atoms with van der Waals surface area (Å²) in [4.78, 5) is 15.5. The van der Waals surface area contributed by atoms with Gasteiger partial charge in [-0.3, -0.25) is 4.79 Å². The van der Waals surface area contributed by atoms with E-state index in [1.165, 1.54) is 0 Å². The van der Waals surface area contributed by atoms with Crippen LogP contribution in [0, 0.1) is 6.92 Å². The van der Waals surface area contributed by atoms with Gasteiger partial charge >= 0.3 is 0 Å². The van der Waals surface area contributed by atoms with Crippen LogP contribution < -0.4 is 5.32 Å². The van der Waals surface area contributed by atoms with Gasteiger partial charge in [0, 0.05) is 16.1 Å². The Morgan fingerprint density at radius 2 is 1.95 bits per heavy atom. The molecular formula is C16H13BrN2O. The van der Waals surface area contributed by atoms with Crippen molar-refractivity contribution >= 4 is 38.4 Å². The van der Waals surface area contributed by atoms with Gasteiger partial charge in [-0.15, -0.1) is 0 Å². The van der Waals surface area contributed by atoms with Gasteiger partial charge in [0.15, 0.2) is 0 Å². The van der Waals surface area contributed by atoms with E-state index in [9.17, 15) is 4.79 Å². The Bertz CT molecular complexity index is 792. The Morgan fingerprint density at radius 1 is 1.15 bits per heavy atom. The molecule has 3 aromatic rings. The molecule has 0 radical (unpaired) electrons. The van der Waals surface area contributed by atoms with Gasteiger partial charge in [-0.1, -0.05) is 24.3 Å². The third-order valence-corrected chi connectivity index (χ3v) is 4.32. The number of anilines is 1. The SMILES string of the molecule is Cc1cccc(NC(=O)c2cccc3cc[nH]c23)c1Br. The van der Waals surface area contributed by atoms with E-state index < -0.39 is 0 Å². The normalized spacial score (nSPS) is 10.7. The van der Waals surface area contributed by atoms with Crippen molar-refractivity contribution < 1.29 is 4.79 Å². The fraction of sp³-hybridized carbons (Fsp3) is 0.0625. The summed E-state index contributed by atoms with van der Waals surface area (Å²) in [6, 6.07) is 13.4. The minimum absolute atomic E-state index is 0.121. The Kier molecular flexibility index (Phi) is 3.32. The monoisotopic (exact) mass is 328 g/mol. The average molecular weight is 329 g/mol. The number of para-hydroxylation sites is 1. The Balaban J connectivity index is 1.97. The Morgan fingerprint density at radius 3 is 2.80 bits per heavy atom. The molecule has 20 heavy (non-hydrogen) atoms. The molecule has 0 spiro atoms. The Hall–Kier alpha value is -2.07. The van der Waals surface area contributed by atoms with E-state index in [0.29, 0.717) is 5.56 Å². The number of nitrogens with one attached hydrogen (secondary N) is 2. The summed E-state index contributed by atoms with van der Waals surface area (Å²) in [5.41, 5.74) is 3.36. The van der Waals surface area contributed by atoms with Crippen LogP contribution in [0.25, 0.3) is 10.9 Å². The molecule has 2 N–H and O–H groups in total. The highest BCUT2D eigenvalue weighted by Crippen LogP contribution is 2.27. The number of rotatable bonds is 2. The van der Waals surface area contributed by atoms with Crippen LogP contribution in [0.5, 0.6) is 0 Å². The number of carbonyl (C=O) groups is 1. The van der Waals surface area contributed by atoms with E-state index in [0.717, 1.165) is 26.6 Å². The van der Waals surface area contributed by atoms with Crippen molar-refractivity contribution in [3.8, 4) is 0 Å². The zero-order valence-corrected chi connectivity index (χ0v) is 12.5. The van der Waals surface area contributed by atoms with Crippen LogP contribution >= 0.6 is 15.9 Å². The van der Waals surface area contributed by atoms with E-state index in [1.807, 2.05) is 55.6 Å². The Labute approximate surface area is 125 Å². The van der Waals surface area contributed by atoms with Gasteiger partial charge in [0.2, 0.25) is 0 Å². The molecule has 100 valence electrons. The number of hydrogen-bond donors (Lipinski definition) is 2. The summed E-state index contributed by atoms with van der Waals surface area (Å²) in [6.45, 7) is 1.99. The molecule has 0 aliphatic heterocycles. The number of carbonyl (C=O) groups excluding carboxylic acids is 1. The third-order valence-electron chi connectivity index (χ3n) is 3.27. The fourth-order valence-electron chi connectivity index (χ4n) is 2.21. The van der Waals surface area contributed by atoms with E-state index in [-0.39, 0.29) is 5.91 Å². The third kappa shape index (κ3) is 2.23. The number of fused-ring (bicyclic) bond motifs is 1. The number of benzene rings is 2. The highest BCUT2D eigenvalue weighted by Gasteiger charge is 2.12. The molecule has 1 heterocycles. The maximum absolute atomic E-state index is 12.4. The van der Waals surface area contributed by atoms with Crippen molar-refractivity contribution in [1.29, 1.82) is 0 Å². The molecule has 2 aromatic carbocycles. The van der Waals surface area contributed by atoms with Crippen LogP contribution in [0.3, 0.4) is 0 Å². The van der Waals surface area contributed by atoms with Gasteiger partial charge in [0.05, 0.1) is 16.8 Å². The number of hydrogen-bond acceptors (Lipinski definition) is 1. The summed E-state index contributed by atoms with van der Waals surface area (Å²) in [6.07, 6.45) is 1.84. The molecule has 0 atom stereocenters. The molecule has 1 amide bonds. The first-order valence-corrected chi connectivity index (χ1v) is 7.08. The number of aryl methyl sites for hydroxylation is 1. The second-order valence-electron chi connectivity index (χ2n) is 4.64. The summed E-state index contributed by atoms with van der Waals surface area (Å²) < 4.78 is 0.909. The second-order valence-corrected chi connectivity index (χ2v) is 5.43. The van der Waals surface area contributed by atoms with E-state index in [4.69, 9.17) is 0 Å². The number of aromatic amines is 1. The predicted molar refractivity (Wildman–Crippen MR) is 85.1 cm³/mol. The van der Waals surface area contributed by atoms with Crippen molar-refractivity contribution in [2.75, 3.05) is 5.32 Å². The minimum atomic E-state index is -0.121. The molecule has 0 bridgehead atoms. The molecule has 1 aromatic heterocycles. The topological polar surface area (TPSA) is 44.9 Å². The van der Waals surface area contributed by atoms with E-state index in [2.05, 4.69) is 26.2 Å². The molecule has 0 saturated carbocycles. The lowest BCUT2D eigenvalue weighted by Gasteiger charge is -2.09. The fourth-order valence-corrected chi connectivity index (χ4v) is 2.57. The van der Waals surface area contributed by atoms with Crippen LogP contribution in [0.4, 0.5) is 5.69 Å². The van der Waals surface area contributed by atoms with Crippen molar-refractivity contribution in [3.05, 3.63) is 64.3 Å². The molecular weight excluding hydrogens is 316 g/mol. The standard InChI is InChI=1S/C16H13BrN2O/c1-10-4-2-7-13(14(10)17)19-16(20)12-6-3-5-11-8-9-18-15(11)12/h2-9,18H,1H3,(H,19,20). The molecule has 0 unspecified atom stereocenters. The van der Waals surface area contributed by atoms with Gasteiger partial charge in [-0.05, 0) is 46.6 Å². The zero-order valence-electron chi connectivity index (χ0n) is 10.9. The molecule has 0 fully saturated rings. The van der Waals surface area contributed by atoms with Gasteiger partial charge in [0.1, 0.15) is 0 Å². The summed E-state index contributed by atoms with van der Waals surface area (Å²) in [5, 5.41) is 3.97. The van der Waals surface area contributed by atoms with Gasteiger partial charge in [-0.2, -0.15) is 0 Å². The van der Waals surface area contributed by atoms with Crippen LogP contribution in [0.15, 0.2) is 53.1 Å². The van der Waals surface area contributed by atoms with Gasteiger partial charge in [0.25, 0.3) is 5.91 Å². The first kappa shape index (κ1) is 12.9. The highest BCUT2D eigenvalue weighted by atomic mass is 79.9. The molecule has 4 heteroatoms. The molecule has 0 aliphatic carbocycles. The lowest BCUT2D eigenvalue weighted by molar-refractivity contribution is 0.102. The average Bonchev–Trinajstić information content (AvgIpc) is 2.92. The molecule has 0 aliphatic rings. The largest absolute Gasteiger partial charge is 0.361 e. The minimum Gasteiger partial charge on any atom is -0.361 e. The molecule has 0 saturated heterocycles. The summed E-state index contributed by atoms with van der Waals surface area (Å²) in [5.74, 6) is -0.121. The maximum atomic E-state index is 12.4. The van der Waals surface area contributed by atoms with E-state index in [1.54, 1.807) is 0 Å². The van der Waals surface area contributed by atoms with Crippen molar-refractivity contribution in [1.82, 2.24) is 4.98 Å². The van der Waals surface area contributed by atoms with Gasteiger partial charge < -0.3 is 10.3 Å². The number of H-pyrrole nitrogens is 1. The summed E-state index contributed by atoms with van der Waals surface area (Å²) in [7, 11) is 0. The predicted octanol–water partition coefficient (Wildman–Crippen LogP) is 4.49. The van der Waals surface area contributed by atoms with Crippen LogP contribution in [0.1, 0.15) is 15.9 Å². The number of halogens is 1. The first-order valence-electron chi connectivity index (χ1n) is 6.29. The quantitative estimate of drug-likeness (QED) is 0.715. The van der Waals surface area contributed by atoms with Crippen molar-refractivity contribution in [2.45, 2.75) is 6.92 Å². The molecule has 3 nitrogen and oxygen atoms in total. The lowest BCUT2D eigenvalue weighted by Crippen LogP contribution is -2.13. The van der Waals surface area contributed by atoms with Crippen molar-refractivity contribution in [3.63, 3.8) is 0 Å². The van der Waals surface area contributed by atoms with Crippen LogP contribution in [-0.2, 0) is 0 Å². The van der Waals surface area contributed by atoms with Gasteiger partial charge in [-0.25, -0.2) is 0 Å². The van der Waals surface area contributed by atoms with Crippen LogP contribution in [-0.4, -0.2) is 10.9 Å². The zero-order chi connectivity index (χ0) is 14.1. The maximum Gasteiger partial charge on any atom is 0.257 e. The smallest absolute Gasteiger partial charge is 0.257 e. The highest BCUT2D eigenvalue weighted by molar-refractivity contribution is 9.10.